The van der Waals surface area contributed by atoms with Gasteiger partial charge in [-0.2, -0.15) is 0 Å². The number of nitrogens with one attached hydrogen (secondary N) is 1. The van der Waals surface area contributed by atoms with Crippen molar-refractivity contribution in [3.63, 3.8) is 0 Å². The lowest BCUT2D eigenvalue weighted by Crippen LogP contribution is -2.37. The fraction of sp³-hybridized carbons (Fsp3) is 0.429. The third-order valence-corrected chi connectivity index (χ3v) is 2.94. The molecule has 0 bridgehead atoms. The van der Waals surface area contributed by atoms with Gasteiger partial charge in [0.1, 0.15) is 12.4 Å². The van der Waals surface area contributed by atoms with Crippen LogP contribution in [0.3, 0.4) is 0 Å². The van der Waals surface area contributed by atoms with Crippen LogP contribution in [0.1, 0.15) is 20.8 Å². The molecule has 1 aromatic rings. The molecule has 1 rings (SSSR count). The summed E-state index contributed by atoms with van der Waals surface area (Å²) in [5.74, 6) is 0.696. The molecule has 1 aromatic carbocycles. The molecule has 100 valence electrons. The van der Waals surface area contributed by atoms with Crippen LogP contribution < -0.4 is 10.1 Å². The van der Waals surface area contributed by atoms with E-state index in [0.717, 1.165) is 12.1 Å². The molecule has 0 unspecified atom stereocenters. The Bertz CT molecular complexity index is 424. The highest BCUT2D eigenvalue weighted by Gasteiger charge is 2.09. The Labute approximate surface area is 119 Å². The lowest BCUT2D eigenvalue weighted by molar-refractivity contribution is 0.341. The maximum Gasteiger partial charge on any atom is 0.121 e. The molecule has 2 nitrogen and oxygen atoms in total. The van der Waals surface area contributed by atoms with Gasteiger partial charge >= 0.3 is 0 Å². The molecule has 4 heteroatoms. The van der Waals surface area contributed by atoms with Gasteiger partial charge in [0.05, 0.1) is 10.0 Å². The van der Waals surface area contributed by atoms with E-state index in [-0.39, 0.29) is 5.54 Å². The summed E-state index contributed by atoms with van der Waals surface area (Å²) in [6.45, 7) is 11.5. The van der Waals surface area contributed by atoms with Gasteiger partial charge in [0.25, 0.3) is 0 Å². The van der Waals surface area contributed by atoms with Crippen LogP contribution in [0.5, 0.6) is 5.75 Å². The van der Waals surface area contributed by atoms with E-state index in [4.69, 9.17) is 27.9 Å². The number of benzene rings is 1. The first-order chi connectivity index (χ1) is 8.28. The first kappa shape index (κ1) is 15.4. The van der Waals surface area contributed by atoms with Crippen LogP contribution in [0.2, 0.25) is 10.0 Å². The van der Waals surface area contributed by atoms with E-state index in [1.165, 1.54) is 0 Å². The summed E-state index contributed by atoms with van der Waals surface area (Å²) in [4.78, 5) is 0. The summed E-state index contributed by atoms with van der Waals surface area (Å²) in [7, 11) is 0. The Morgan fingerprint density at radius 2 is 1.94 bits per heavy atom. The summed E-state index contributed by atoms with van der Waals surface area (Å²) in [5.41, 5.74) is 1.06. The highest BCUT2D eigenvalue weighted by atomic mass is 35.5. The normalized spacial score (nSPS) is 11.4. The third kappa shape index (κ3) is 5.76. The van der Waals surface area contributed by atoms with Crippen LogP contribution in [0, 0.1) is 0 Å². The molecule has 0 spiro atoms. The number of hydrogen-bond donors (Lipinski definition) is 1. The van der Waals surface area contributed by atoms with E-state index in [9.17, 15) is 0 Å². The highest BCUT2D eigenvalue weighted by molar-refractivity contribution is 6.42. The van der Waals surface area contributed by atoms with E-state index < -0.39 is 0 Å². The summed E-state index contributed by atoms with van der Waals surface area (Å²) in [6.07, 6.45) is 0. The van der Waals surface area contributed by atoms with Crippen molar-refractivity contribution < 1.29 is 4.74 Å². The first-order valence-electron chi connectivity index (χ1n) is 5.77. The number of ether oxygens (including phenoxy) is 1. The van der Waals surface area contributed by atoms with Gasteiger partial charge in [-0.05, 0) is 38.5 Å². The van der Waals surface area contributed by atoms with Gasteiger partial charge in [0.2, 0.25) is 0 Å². The standard InChI is InChI=1S/C14H19Cl2NO/c1-10(8-17-14(2,3)4)9-18-11-5-6-12(15)13(16)7-11/h5-7,17H,1,8-9H2,2-4H3. The molecule has 0 aliphatic heterocycles. The minimum Gasteiger partial charge on any atom is -0.489 e. The zero-order valence-electron chi connectivity index (χ0n) is 11.0. The molecule has 0 aromatic heterocycles. The van der Waals surface area contributed by atoms with Gasteiger partial charge in [-0.15, -0.1) is 0 Å². The van der Waals surface area contributed by atoms with Crippen LogP contribution in [0.4, 0.5) is 0 Å². The maximum atomic E-state index is 5.90. The van der Waals surface area contributed by atoms with E-state index in [1.54, 1.807) is 18.2 Å². The lowest BCUT2D eigenvalue weighted by Gasteiger charge is -2.21. The molecule has 18 heavy (non-hydrogen) atoms. The predicted molar refractivity (Wildman–Crippen MR) is 78.9 cm³/mol. The Hall–Kier alpha value is -0.700. The van der Waals surface area contributed by atoms with Crippen molar-refractivity contribution in [2.75, 3.05) is 13.2 Å². The van der Waals surface area contributed by atoms with E-state index in [1.807, 2.05) is 0 Å². The molecule has 0 aliphatic carbocycles. The molecule has 0 heterocycles. The van der Waals surface area contributed by atoms with Crippen molar-refractivity contribution in [3.05, 3.63) is 40.4 Å². The second kappa shape index (κ2) is 6.46. The van der Waals surface area contributed by atoms with E-state index in [2.05, 4.69) is 32.7 Å². The fourth-order valence-corrected chi connectivity index (χ4v) is 1.48. The average molecular weight is 288 g/mol. The number of halogens is 2. The van der Waals surface area contributed by atoms with Crippen molar-refractivity contribution in [2.24, 2.45) is 0 Å². The monoisotopic (exact) mass is 287 g/mol. The number of rotatable bonds is 5. The molecule has 1 N–H and O–H groups in total. The van der Waals surface area contributed by atoms with Crippen molar-refractivity contribution in [3.8, 4) is 5.75 Å². The van der Waals surface area contributed by atoms with Crippen LogP contribution in [0.15, 0.2) is 30.4 Å². The summed E-state index contributed by atoms with van der Waals surface area (Å²) in [6, 6.07) is 5.21. The minimum absolute atomic E-state index is 0.0759. The van der Waals surface area contributed by atoms with Gasteiger partial charge in [0.15, 0.2) is 0 Å². The molecule has 0 saturated carbocycles. The highest BCUT2D eigenvalue weighted by Crippen LogP contribution is 2.26. The molecular weight excluding hydrogens is 269 g/mol. The second-order valence-corrected chi connectivity index (χ2v) is 6.03. The van der Waals surface area contributed by atoms with Crippen LogP contribution in [-0.4, -0.2) is 18.7 Å². The molecule has 0 saturated heterocycles. The molecule has 0 radical (unpaired) electrons. The molecular formula is C14H19Cl2NO. The van der Waals surface area contributed by atoms with E-state index in [0.29, 0.717) is 22.4 Å². The number of hydrogen-bond acceptors (Lipinski definition) is 2. The van der Waals surface area contributed by atoms with Crippen LogP contribution in [-0.2, 0) is 0 Å². The Morgan fingerprint density at radius 1 is 1.28 bits per heavy atom. The maximum absolute atomic E-state index is 5.90. The van der Waals surface area contributed by atoms with Crippen molar-refractivity contribution >= 4 is 23.2 Å². The summed E-state index contributed by atoms with van der Waals surface area (Å²) in [5, 5.41) is 4.37. The summed E-state index contributed by atoms with van der Waals surface area (Å²) >= 11 is 11.7. The smallest absolute Gasteiger partial charge is 0.121 e. The third-order valence-electron chi connectivity index (χ3n) is 2.20. The Kier molecular flexibility index (Phi) is 5.51. The van der Waals surface area contributed by atoms with Gasteiger partial charge in [-0.1, -0.05) is 29.8 Å². The molecule has 0 aliphatic rings. The zero-order valence-corrected chi connectivity index (χ0v) is 12.5. The second-order valence-electron chi connectivity index (χ2n) is 5.22. The Balaban J connectivity index is 2.40. The first-order valence-corrected chi connectivity index (χ1v) is 6.53. The zero-order chi connectivity index (χ0) is 13.8. The van der Waals surface area contributed by atoms with Crippen LogP contribution >= 0.6 is 23.2 Å². The van der Waals surface area contributed by atoms with E-state index >= 15 is 0 Å². The van der Waals surface area contributed by atoms with Crippen molar-refractivity contribution in [2.45, 2.75) is 26.3 Å². The van der Waals surface area contributed by atoms with Crippen molar-refractivity contribution in [1.82, 2.24) is 5.32 Å². The minimum atomic E-state index is 0.0759. The average Bonchev–Trinajstić information content (AvgIpc) is 2.27. The Morgan fingerprint density at radius 3 is 2.50 bits per heavy atom. The predicted octanol–water partition coefficient (Wildman–Crippen LogP) is 4.32. The van der Waals surface area contributed by atoms with Crippen LogP contribution in [0.25, 0.3) is 0 Å². The van der Waals surface area contributed by atoms with Crippen molar-refractivity contribution in [1.29, 1.82) is 0 Å². The molecule has 0 amide bonds. The topological polar surface area (TPSA) is 21.3 Å². The van der Waals surface area contributed by atoms with Gasteiger partial charge < -0.3 is 10.1 Å². The fourth-order valence-electron chi connectivity index (χ4n) is 1.19. The summed E-state index contributed by atoms with van der Waals surface area (Å²) < 4.78 is 5.59. The molecule has 0 fully saturated rings. The SMILES string of the molecule is C=C(CNC(C)(C)C)COc1ccc(Cl)c(Cl)c1. The quantitative estimate of drug-likeness (QED) is 0.815. The largest absolute Gasteiger partial charge is 0.489 e. The van der Waals surface area contributed by atoms with Gasteiger partial charge in [0, 0.05) is 18.2 Å². The van der Waals surface area contributed by atoms with Gasteiger partial charge in [-0.3, -0.25) is 0 Å². The lowest BCUT2D eigenvalue weighted by atomic mass is 10.1. The van der Waals surface area contributed by atoms with Gasteiger partial charge in [-0.25, -0.2) is 0 Å². The molecule has 0 atom stereocenters.